The molecule has 1 amide bonds. The molecule has 44 heavy (non-hydrogen) atoms. The number of imidazole rings is 1. The standard InChI is InChI=1S/C33H48N10O/c1-5-7-8-28(6-2)43(32-30-31(40(4)24-35-30)36-29(21-34)37-32)38-33(44)27-11-9-25(10-12-27)22-41-17-19-42(20-18-41)23-26-13-15-39(3)16-14-26/h9-12,24,26,28H,5-8,13-20,22-23H2,1-4H3,(H,38,44). The molecule has 1 atom stereocenters. The van der Waals surface area contributed by atoms with Crippen LogP contribution in [0, 0.1) is 17.2 Å². The van der Waals surface area contributed by atoms with Crippen LogP contribution in [-0.4, -0.2) is 99.0 Å². The molecule has 0 spiro atoms. The summed E-state index contributed by atoms with van der Waals surface area (Å²) < 4.78 is 1.77. The van der Waals surface area contributed by atoms with Gasteiger partial charge in [0.25, 0.3) is 5.91 Å². The minimum Gasteiger partial charge on any atom is -0.318 e. The number of likely N-dealkylation sites (tertiary alicyclic amines) is 1. The highest BCUT2D eigenvalue weighted by Gasteiger charge is 2.27. The van der Waals surface area contributed by atoms with Gasteiger partial charge in [-0.25, -0.2) is 4.98 Å². The molecule has 1 aromatic carbocycles. The second kappa shape index (κ2) is 14.9. The van der Waals surface area contributed by atoms with E-state index in [1.165, 1.54) is 38.0 Å². The van der Waals surface area contributed by atoms with Gasteiger partial charge in [-0.3, -0.25) is 20.1 Å². The highest BCUT2D eigenvalue weighted by molar-refractivity contribution is 5.96. The predicted octanol–water partition coefficient (Wildman–Crippen LogP) is 3.81. The molecular weight excluding hydrogens is 552 g/mol. The van der Waals surface area contributed by atoms with Gasteiger partial charge >= 0.3 is 0 Å². The molecule has 1 N–H and O–H groups in total. The summed E-state index contributed by atoms with van der Waals surface area (Å²) in [5, 5.41) is 11.5. The number of carbonyl (C=O) groups is 1. The molecule has 11 nitrogen and oxygen atoms in total. The Balaban J connectivity index is 1.23. The fourth-order valence-corrected chi connectivity index (χ4v) is 6.42. The van der Waals surface area contributed by atoms with Gasteiger partial charge in [0.05, 0.1) is 12.4 Å². The molecule has 2 fully saturated rings. The smallest absolute Gasteiger partial charge is 0.269 e. The van der Waals surface area contributed by atoms with E-state index < -0.39 is 0 Å². The number of anilines is 1. The number of carbonyl (C=O) groups excluding carboxylic acids is 1. The molecule has 5 rings (SSSR count). The van der Waals surface area contributed by atoms with Crippen molar-refractivity contribution in [3.05, 3.63) is 47.5 Å². The number of fused-ring (bicyclic) bond motifs is 1. The van der Waals surface area contributed by atoms with Crippen molar-refractivity contribution in [2.24, 2.45) is 13.0 Å². The van der Waals surface area contributed by atoms with Crippen LogP contribution in [0.4, 0.5) is 5.82 Å². The van der Waals surface area contributed by atoms with E-state index in [1.807, 2.05) is 24.2 Å². The van der Waals surface area contributed by atoms with E-state index in [1.54, 1.807) is 10.9 Å². The number of hydrazine groups is 1. The van der Waals surface area contributed by atoms with E-state index in [-0.39, 0.29) is 17.8 Å². The normalized spacial score (nSPS) is 17.9. The highest BCUT2D eigenvalue weighted by Crippen LogP contribution is 2.26. The molecule has 1 unspecified atom stereocenters. The Bertz CT molecular complexity index is 1410. The van der Waals surface area contributed by atoms with Crippen molar-refractivity contribution in [2.75, 3.05) is 57.9 Å². The lowest BCUT2D eigenvalue weighted by Gasteiger charge is -2.38. The summed E-state index contributed by atoms with van der Waals surface area (Å²) in [7, 11) is 4.06. The fraction of sp³-hybridized carbons (Fsp3) is 0.606. The van der Waals surface area contributed by atoms with Crippen molar-refractivity contribution in [2.45, 2.75) is 65.0 Å². The number of piperidine rings is 1. The van der Waals surface area contributed by atoms with Crippen LogP contribution in [0.25, 0.3) is 11.2 Å². The third kappa shape index (κ3) is 7.73. The molecule has 2 saturated heterocycles. The molecule has 4 heterocycles. The Morgan fingerprint density at radius 3 is 2.41 bits per heavy atom. The molecule has 236 valence electrons. The first-order chi connectivity index (χ1) is 21.4. The van der Waals surface area contributed by atoms with Crippen molar-refractivity contribution in [3.63, 3.8) is 0 Å². The Labute approximate surface area is 261 Å². The zero-order chi connectivity index (χ0) is 31.1. The second-order valence-corrected chi connectivity index (χ2v) is 12.5. The molecule has 2 aromatic heterocycles. The molecule has 0 aliphatic carbocycles. The lowest BCUT2D eigenvalue weighted by Crippen LogP contribution is -2.49. The van der Waals surface area contributed by atoms with Crippen LogP contribution in [0.5, 0.6) is 0 Å². The quantitative estimate of drug-likeness (QED) is 0.310. The van der Waals surface area contributed by atoms with E-state index >= 15 is 0 Å². The largest absolute Gasteiger partial charge is 0.318 e. The van der Waals surface area contributed by atoms with Gasteiger partial charge in [0.15, 0.2) is 17.0 Å². The zero-order valence-electron chi connectivity index (χ0n) is 26.9. The van der Waals surface area contributed by atoms with Crippen LogP contribution in [0.3, 0.4) is 0 Å². The molecule has 3 aromatic rings. The summed E-state index contributed by atoms with van der Waals surface area (Å²) in [6, 6.07) is 10.00. The second-order valence-electron chi connectivity index (χ2n) is 12.5. The molecule has 0 bridgehead atoms. The number of hydrogen-bond donors (Lipinski definition) is 1. The number of amides is 1. The lowest BCUT2D eigenvalue weighted by atomic mass is 9.96. The van der Waals surface area contributed by atoms with Crippen molar-refractivity contribution in [3.8, 4) is 6.07 Å². The van der Waals surface area contributed by atoms with E-state index in [2.05, 4.69) is 74.2 Å². The maximum absolute atomic E-state index is 13.6. The molecule has 2 aliphatic rings. The van der Waals surface area contributed by atoms with Crippen LogP contribution in [0.1, 0.15) is 74.1 Å². The van der Waals surface area contributed by atoms with Gasteiger partial charge in [-0.1, -0.05) is 38.8 Å². The van der Waals surface area contributed by atoms with Crippen LogP contribution < -0.4 is 10.4 Å². The first-order valence-corrected chi connectivity index (χ1v) is 16.3. The predicted molar refractivity (Wildman–Crippen MR) is 173 cm³/mol. The summed E-state index contributed by atoms with van der Waals surface area (Å²) in [4.78, 5) is 34.6. The van der Waals surface area contributed by atoms with Gasteiger partial charge in [0.1, 0.15) is 6.07 Å². The molecular formula is C33H48N10O. The summed E-state index contributed by atoms with van der Waals surface area (Å²) in [5.41, 5.74) is 6.04. The number of nitrogens with zero attached hydrogens (tertiary/aromatic N) is 9. The fourth-order valence-electron chi connectivity index (χ4n) is 6.42. The van der Waals surface area contributed by atoms with Crippen LogP contribution in [-0.2, 0) is 13.6 Å². The van der Waals surface area contributed by atoms with Gasteiger partial charge in [-0.2, -0.15) is 15.2 Å². The van der Waals surface area contributed by atoms with Crippen molar-refractivity contribution in [1.82, 2.24) is 39.6 Å². The summed E-state index contributed by atoms with van der Waals surface area (Å²) in [6.45, 7) is 13.2. The maximum atomic E-state index is 13.6. The Morgan fingerprint density at radius 1 is 1.05 bits per heavy atom. The van der Waals surface area contributed by atoms with E-state index in [9.17, 15) is 10.1 Å². The highest BCUT2D eigenvalue weighted by atomic mass is 16.2. The topological polar surface area (TPSA) is 109 Å². The average molecular weight is 601 g/mol. The minimum atomic E-state index is -0.213. The van der Waals surface area contributed by atoms with Gasteiger partial charge in [-0.05, 0) is 69.4 Å². The molecule has 0 radical (unpaired) electrons. The molecule has 2 aliphatic heterocycles. The van der Waals surface area contributed by atoms with E-state index in [0.717, 1.165) is 64.3 Å². The number of rotatable bonds is 12. The van der Waals surface area contributed by atoms with Gasteiger partial charge in [0.2, 0.25) is 5.82 Å². The molecule has 11 heteroatoms. The van der Waals surface area contributed by atoms with Gasteiger partial charge in [-0.15, -0.1) is 0 Å². The Kier molecular flexibility index (Phi) is 10.8. The van der Waals surface area contributed by atoms with Gasteiger partial charge < -0.3 is 14.4 Å². The van der Waals surface area contributed by atoms with Crippen molar-refractivity contribution < 1.29 is 4.79 Å². The third-order valence-corrected chi connectivity index (χ3v) is 9.26. The summed E-state index contributed by atoms with van der Waals surface area (Å²) >= 11 is 0. The summed E-state index contributed by atoms with van der Waals surface area (Å²) in [5.74, 6) is 1.13. The lowest BCUT2D eigenvalue weighted by molar-refractivity contribution is 0.0942. The number of piperazine rings is 1. The first-order valence-electron chi connectivity index (χ1n) is 16.3. The van der Waals surface area contributed by atoms with Crippen LogP contribution in [0.2, 0.25) is 0 Å². The van der Waals surface area contributed by atoms with Gasteiger partial charge in [0, 0.05) is 51.9 Å². The molecule has 0 saturated carbocycles. The third-order valence-electron chi connectivity index (χ3n) is 9.26. The van der Waals surface area contributed by atoms with E-state index in [0.29, 0.717) is 22.5 Å². The number of unbranched alkanes of at least 4 members (excludes halogenated alkanes) is 1. The SMILES string of the molecule is CCCCC(CC)N(NC(=O)c1ccc(CN2CCN(CC3CCN(C)CC3)CC2)cc1)c1nc(C#N)nc2c1ncn2C. The Morgan fingerprint density at radius 2 is 1.75 bits per heavy atom. The van der Waals surface area contributed by atoms with E-state index in [4.69, 9.17) is 0 Å². The van der Waals surface area contributed by atoms with Crippen LogP contribution >= 0.6 is 0 Å². The zero-order valence-corrected chi connectivity index (χ0v) is 26.9. The van der Waals surface area contributed by atoms with Crippen molar-refractivity contribution >= 4 is 22.9 Å². The summed E-state index contributed by atoms with van der Waals surface area (Å²) in [6.07, 6.45) is 8.01. The average Bonchev–Trinajstić information content (AvgIpc) is 3.42. The van der Waals surface area contributed by atoms with Crippen LogP contribution in [0.15, 0.2) is 30.6 Å². The number of aryl methyl sites for hydroxylation is 1. The number of hydrogen-bond acceptors (Lipinski definition) is 9. The monoisotopic (exact) mass is 600 g/mol. The Hall–Kier alpha value is -3.59. The maximum Gasteiger partial charge on any atom is 0.269 e. The first kappa shape index (κ1) is 31.8. The minimum absolute atomic E-state index is 0.0112. The van der Waals surface area contributed by atoms with Crippen molar-refractivity contribution in [1.29, 1.82) is 5.26 Å². The number of aromatic nitrogens is 4. The number of benzene rings is 1. The number of nitriles is 1. The number of nitrogens with one attached hydrogen (secondary N) is 1.